The maximum atomic E-state index is 11.8. The molecule has 21 heavy (non-hydrogen) atoms. The number of nitrogens with zero attached hydrogens (tertiary/aromatic N) is 2. The number of benzene rings is 1. The summed E-state index contributed by atoms with van der Waals surface area (Å²) in [4.78, 5) is 27.1. The Kier molecular flexibility index (Phi) is 4.78. The molecule has 2 rings (SSSR count). The second-order valence-corrected chi connectivity index (χ2v) is 5.50. The van der Waals surface area contributed by atoms with E-state index >= 15 is 0 Å². The van der Waals surface area contributed by atoms with E-state index in [1.54, 1.807) is 29.1 Å². The van der Waals surface area contributed by atoms with Crippen LogP contribution in [0.3, 0.4) is 0 Å². The molecule has 2 aromatic rings. The fourth-order valence-electron chi connectivity index (χ4n) is 1.70. The number of aromatic nitrogens is 2. The molecule has 1 aromatic carbocycles. The van der Waals surface area contributed by atoms with Crippen molar-refractivity contribution in [1.29, 1.82) is 0 Å². The molecule has 0 spiro atoms. The van der Waals surface area contributed by atoms with Gasteiger partial charge in [-0.05, 0) is 40.8 Å². The van der Waals surface area contributed by atoms with Crippen LogP contribution < -0.4 is 10.6 Å². The number of imidazole rings is 1. The molecule has 7 nitrogen and oxygen atoms in total. The highest BCUT2D eigenvalue weighted by Crippen LogP contribution is 2.18. The summed E-state index contributed by atoms with van der Waals surface area (Å²) in [5.74, 6) is -0.390. The number of hydrogen-bond acceptors (Lipinski definition) is 3. The summed E-state index contributed by atoms with van der Waals surface area (Å²) < 4.78 is 2.57. The van der Waals surface area contributed by atoms with Crippen LogP contribution in [0.5, 0.6) is 0 Å². The second-order valence-electron chi connectivity index (χ2n) is 4.26. The van der Waals surface area contributed by atoms with Crippen LogP contribution in [0, 0.1) is 3.57 Å². The lowest BCUT2D eigenvalue weighted by molar-refractivity contribution is 0.0698. The first-order chi connectivity index (χ1) is 9.97. The number of aromatic carboxylic acids is 1. The van der Waals surface area contributed by atoms with Crippen LogP contribution in [-0.2, 0) is 13.6 Å². The minimum Gasteiger partial charge on any atom is -0.478 e. The zero-order valence-electron chi connectivity index (χ0n) is 11.1. The first kappa shape index (κ1) is 15.3. The standard InChI is InChI=1S/C13H13IN4O3/c1-18-5-4-15-11(18)7-16-13(21)17-10-3-2-8(14)6-9(10)12(19)20/h2-6H,7H2,1H3,(H,19,20)(H2,16,17,21). The van der Waals surface area contributed by atoms with Crippen LogP contribution in [0.4, 0.5) is 10.5 Å². The fraction of sp³-hybridized carbons (Fsp3) is 0.154. The van der Waals surface area contributed by atoms with Gasteiger partial charge in [-0.1, -0.05) is 0 Å². The number of carbonyl (C=O) groups is 2. The fourth-order valence-corrected chi connectivity index (χ4v) is 2.19. The Labute approximate surface area is 134 Å². The molecule has 0 saturated carbocycles. The summed E-state index contributed by atoms with van der Waals surface area (Å²) in [5, 5.41) is 14.3. The Morgan fingerprint density at radius 2 is 2.19 bits per heavy atom. The quantitative estimate of drug-likeness (QED) is 0.685. The summed E-state index contributed by atoms with van der Waals surface area (Å²) in [6.45, 7) is 0.252. The van der Waals surface area contributed by atoms with E-state index in [0.717, 1.165) is 3.57 Å². The number of anilines is 1. The summed E-state index contributed by atoms with van der Waals surface area (Å²) >= 11 is 2.01. The van der Waals surface area contributed by atoms with E-state index < -0.39 is 12.0 Å². The van der Waals surface area contributed by atoms with Crippen LogP contribution >= 0.6 is 22.6 Å². The first-order valence-corrected chi connectivity index (χ1v) is 7.09. The lowest BCUT2D eigenvalue weighted by Crippen LogP contribution is -2.29. The zero-order valence-corrected chi connectivity index (χ0v) is 13.3. The Morgan fingerprint density at radius 3 is 2.81 bits per heavy atom. The molecule has 0 aliphatic rings. The van der Waals surface area contributed by atoms with Gasteiger partial charge in [-0.3, -0.25) is 0 Å². The number of hydrogen-bond donors (Lipinski definition) is 3. The first-order valence-electron chi connectivity index (χ1n) is 6.01. The number of nitrogens with one attached hydrogen (secondary N) is 2. The highest BCUT2D eigenvalue weighted by Gasteiger charge is 2.13. The predicted octanol–water partition coefficient (Wildman–Crippen LogP) is 2.04. The highest BCUT2D eigenvalue weighted by molar-refractivity contribution is 14.1. The Morgan fingerprint density at radius 1 is 1.43 bits per heavy atom. The molecule has 1 heterocycles. The number of carboxylic acid groups (broad SMARTS) is 1. The Hall–Kier alpha value is -2.10. The van der Waals surface area contributed by atoms with Crippen LogP contribution in [0.2, 0.25) is 0 Å². The van der Waals surface area contributed by atoms with Gasteiger partial charge in [0.05, 0.1) is 17.8 Å². The lowest BCUT2D eigenvalue weighted by Gasteiger charge is -2.10. The smallest absolute Gasteiger partial charge is 0.337 e. The monoisotopic (exact) mass is 400 g/mol. The van der Waals surface area contributed by atoms with Crippen LogP contribution in [-0.4, -0.2) is 26.7 Å². The van der Waals surface area contributed by atoms with Crippen molar-refractivity contribution in [1.82, 2.24) is 14.9 Å². The molecular formula is C13H13IN4O3. The zero-order chi connectivity index (χ0) is 15.4. The van der Waals surface area contributed by atoms with Crippen molar-refractivity contribution in [2.24, 2.45) is 7.05 Å². The average Bonchev–Trinajstić information content (AvgIpc) is 2.84. The van der Waals surface area contributed by atoms with E-state index in [1.165, 1.54) is 6.07 Å². The number of halogens is 1. The van der Waals surface area contributed by atoms with Crippen molar-refractivity contribution >= 4 is 40.3 Å². The van der Waals surface area contributed by atoms with Crippen molar-refractivity contribution in [3.05, 3.63) is 45.6 Å². The lowest BCUT2D eigenvalue weighted by atomic mass is 10.2. The molecule has 0 aliphatic carbocycles. The van der Waals surface area contributed by atoms with E-state index in [-0.39, 0.29) is 17.8 Å². The van der Waals surface area contributed by atoms with Crippen LogP contribution in [0.15, 0.2) is 30.6 Å². The summed E-state index contributed by atoms with van der Waals surface area (Å²) in [5.41, 5.74) is 0.300. The van der Waals surface area contributed by atoms with Gasteiger partial charge >= 0.3 is 12.0 Å². The van der Waals surface area contributed by atoms with Crippen molar-refractivity contribution < 1.29 is 14.7 Å². The van der Waals surface area contributed by atoms with Crippen LogP contribution in [0.25, 0.3) is 0 Å². The van der Waals surface area contributed by atoms with Crippen molar-refractivity contribution in [2.45, 2.75) is 6.54 Å². The number of rotatable bonds is 4. The number of urea groups is 1. The summed E-state index contributed by atoms with van der Waals surface area (Å²) in [6.07, 6.45) is 3.41. The summed E-state index contributed by atoms with van der Waals surface area (Å²) in [7, 11) is 1.82. The third-order valence-corrected chi connectivity index (χ3v) is 3.46. The molecule has 8 heteroatoms. The highest BCUT2D eigenvalue weighted by atomic mass is 127. The number of carboxylic acids is 1. The Bertz CT molecular complexity index is 684. The second kappa shape index (κ2) is 6.57. The van der Waals surface area contributed by atoms with Crippen molar-refractivity contribution in [3.63, 3.8) is 0 Å². The molecule has 0 bridgehead atoms. The topological polar surface area (TPSA) is 96.3 Å². The SMILES string of the molecule is Cn1ccnc1CNC(=O)Nc1ccc(I)cc1C(=O)O. The molecule has 0 saturated heterocycles. The van der Waals surface area contributed by atoms with Gasteiger partial charge in [0.15, 0.2) is 0 Å². The van der Waals surface area contributed by atoms with Gasteiger partial charge in [0.2, 0.25) is 0 Å². The van der Waals surface area contributed by atoms with E-state index in [0.29, 0.717) is 5.82 Å². The van der Waals surface area contributed by atoms with Gasteiger partial charge < -0.3 is 20.3 Å². The molecule has 0 radical (unpaired) electrons. The van der Waals surface area contributed by atoms with Gasteiger partial charge in [0, 0.05) is 23.0 Å². The molecule has 1 aromatic heterocycles. The molecule has 110 valence electrons. The molecule has 0 atom stereocenters. The summed E-state index contributed by atoms with van der Waals surface area (Å²) in [6, 6.07) is 4.30. The van der Waals surface area contributed by atoms with E-state index in [2.05, 4.69) is 15.6 Å². The number of amides is 2. The molecule has 2 amide bonds. The molecule has 0 unspecified atom stereocenters. The van der Waals surface area contributed by atoms with Gasteiger partial charge in [0.25, 0.3) is 0 Å². The van der Waals surface area contributed by atoms with E-state index in [4.69, 9.17) is 5.11 Å². The third kappa shape index (κ3) is 3.94. The normalized spacial score (nSPS) is 10.2. The van der Waals surface area contributed by atoms with Crippen LogP contribution in [0.1, 0.15) is 16.2 Å². The minimum atomic E-state index is -1.09. The molecule has 0 aliphatic heterocycles. The molecule has 0 fully saturated rings. The van der Waals surface area contributed by atoms with Gasteiger partial charge in [-0.15, -0.1) is 0 Å². The Balaban J connectivity index is 2.03. The van der Waals surface area contributed by atoms with Gasteiger partial charge in [-0.2, -0.15) is 0 Å². The van der Waals surface area contributed by atoms with E-state index in [1.807, 2.05) is 29.6 Å². The largest absolute Gasteiger partial charge is 0.478 e. The number of aryl methyl sites for hydroxylation is 1. The third-order valence-electron chi connectivity index (χ3n) is 2.79. The minimum absolute atomic E-state index is 0.0500. The molecule has 3 N–H and O–H groups in total. The van der Waals surface area contributed by atoms with Crippen molar-refractivity contribution in [2.75, 3.05) is 5.32 Å². The molecular weight excluding hydrogens is 387 g/mol. The maximum absolute atomic E-state index is 11.8. The maximum Gasteiger partial charge on any atom is 0.337 e. The van der Waals surface area contributed by atoms with Gasteiger partial charge in [0.1, 0.15) is 5.82 Å². The average molecular weight is 400 g/mol. The van der Waals surface area contributed by atoms with E-state index in [9.17, 15) is 9.59 Å². The van der Waals surface area contributed by atoms with Gasteiger partial charge in [-0.25, -0.2) is 14.6 Å². The predicted molar refractivity (Wildman–Crippen MR) is 85.2 cm³/mol. The number of carbonyl (C=O) groups excluding carboxylic acids is 1. The van der Waals surface area contributed by atoms with Crippen molar-refractivity contribution in [3.8, 4) is 0 Å².